The number of rotatable bonds is 4. The zero-order valence-electron chi connectivity index (χ0n) is 18.4. The smallest absolute Gasteiger partial charge is 0.140 e. The lowest BCUT2D eigenvalue weighted by atomic mass is 9.84. The molecule has 31 heavy (non-hydrogen) atoms. The summed E-state index contributed by atoms with van der Waals surface area (Å²) >= 11 is 0. The Hall–Kier alpha value is -2.97. The second-order valence-corrected chi connectivity index (χ2v) is 8.97. The quantitative estimate of drug-likeness (QED) is 0.471. The van der Waals surface area contributed by atoms with E-state index in [1.165, 1.54) is 0 Å². The Morgan fingerprint density at radius 3 is 2.94 bits per heavy atom. The van der Waals surface area contributed by atoms with Gasteiger partial charge in [-0.3, -0.25) is 4.68 Å². The Morgan fingerprint density at radius 2 is 2.13 bits per heavy atom. The number of aromatic amines is 1. The summed E-state index contributed by atoms with van der Waals surface area (Å²) in [7, 11) is 1.96. The number of pyridine rings is 2. The van der Waals surface area contributed by atoms with Gasteiger partial charge in [-0.15, -0.1) is 0 Å². The van der Waals surface area contributed by atoms with E-state index in [2.05, 4.69) is 51.3 Å². The van der Waals surface area contributed by atoms with Crippen LogP contribution in [0.1, 0.15) is 20.8 Å². The zero-order valence-corrected chi connectivity index (χ0v) is 18.4. The fourth-order valence-corrected chi connectivity index (χ4v) is 4.41. The molecule has 0 bridgehead atoms. The van der Waals surface area contributed by atoms with Gasteiger partial charge < -0.3 is 20.3 Å². The maximum atomic E-state index is 11.1. The topological polar surface area (TPSA) is 94.9 Å². The third kappa shape index (κ3) is 3.26. The van der Waals surface area contributed by atoms with E-state index < -0.39 is 5.60 Å². The summed E-state index contributed by atoms with van der Waals surface area (Å²) in [5.74, 6) is 1.05. The van der Waals surface area contributed by atoms with Crippen molar-refractivity contribution in [3.63, 3.8) is 0 Å². The number of fused-ring (bicyclic) bond motifs is 2. The lowest BCUT2D eigenvalue weighted by Crippen LogP contribution is -2.62. The predicted molar refractivity (Wildman–Crippen MR) is 123 cm³/mol. The Morgan fingerprint density at radius 1 is 1.29 bits per heavy atom. The van der Waals surface area contributed by atoms with E-state index in [1.807, 2.05) is 37.1 Å². The molecule has 0 amide bonds. The minimum atomic E-state index is -0.813. The van der Waals surface area contributed by atoms with Crippen LogP contribution >= 0.6 is 0 Å². The highest BCUT2D eigenvalue weighted by Crippen LogP contribution is 2.34. The van der Waals surface area contributed by atoms with Crippen LogP contribution in [-0.4, -0.2) is 61.1 Å². The molecular formula is C23H29N7O. The Bertz CT molecular complexity index is 1240. The fourth-order valence-electron chi connectivity index (χ4n) is 4.41. The van der Waals surface area contributed by atoms with Gasteiger partial charge in [0, 0.05) is 50.0 Å². The molecule has 1 unspecified atom stereocenters. The highest BCUT2D eigenvalue weighted by atomic mass is 16.3. The number of aromatic nitrogens is 5. The molecule has 1 aliphatic rings. The average Bonchev–Trinajstić information content (AvgIpc) is 3.37. The van der Waals surface area contributed by atoms with Crippen LogP contribution in [0, 0.1) is 5.92 Å². The van der Waals surface area contributed by atoms with Crippen LogP contribution in [0.15, 0.2) is 36.8 Å². The van der Waals surface area contributed by atoms with Gasteiger partial charge >= 0.3 is 0 Å². The molecule has 2 atom stereocenters. The molecule has 0 radical (unpaired) electrons. The molecule has 5 heterocycles. The summed E-state index contributed by atoms with van der Waals surface area (Å²) in [6.45, 7) is 8.33. The molecule has 1 saturated heterocycles. The molecule has 1 fully saturated rings. The van der Waals surface area contributed by atoms with Crippen molar-refractivity contribution in [3.8, 4) is 11.3 Å². The maximum Gasteiger partial charge on any atom is 0.140 e. The number of hydrogen-bond acceptors (Lipinski definition) is 6. The van der Waals surface area contributed by atoms with Gasteiger partial charge in [0.25, 0.3) is 0 Å². The average molecular weight is 420 g/mol. The first-order valence-corrected chi connectivity index (χ1v) is 10.8. The van der Waals surface area contributed by atoms with Crippen LogP contribution < -0.4 is 10.2 Å². The number of H-pyrrole nitrogens is 1. The Balaban J connectivity index is 1.62. The molecule has 8 heteroatoms. The molecule has 0 spiro atoms. The van der Waals surface area contributed by atoms with Crippen LogP contribution in [0.5, 0.6) is 0 Å². The number of aliphatic hydroxyl groups is 1. The van der Waals surface area contributed by atoms with E-state index in [4.69, 9.17) is 4.98 Å². The van der Waals surface area contributed by atoms with Crippen molar-refractivity contribution in [1.82, 2.24) is 30.0 Å². The molecule has 0 aliphatic carbocycles. The summed E-state index contributed by atoms with van der Waals surface area (Å²) in [5.41, 5.74) is 2.97. The maximum absolute atomic E-state index is 11.1. The van der Waals surface area contributed by atoms with Crippen molar-refractivity contribution in [2.45, 2.75) is 32.4 Å². The third-order valence-electron chi connectivity index (χ3n) is 6.80. The lowest BCUT2D eigenvalue weighted by Gasteiger charge is -2.43. The first-order chi connectivity index (χ1) is 14.9. The van der Waals surface area contributed by atoms with Gasteiger partial charge in [0.05, 0.1) is 34.4 Å². The fraction of sp³-hybridized carbons (Fsp3) is 0.435. The van der Waals surface area contributed by atoms with Gasteiger partial charge in [0.1, 0.15) is 11.5 Å². The van der Waals surface area contributed by atoms with Gasteiger partial charge in [-0.25, -0.2) is 9.97 Å². The van der Waals surface area contributed by atoms with E-state index >= 15 is 0 Å². The van der Waals surface area contributed by atoms with Crippen LogP contribution in [0.3, 0.4) is 0 Å². The molecule has 162 valence electrons. The normalized spacial score (nSPS) is 19.4. The highest BCUT2D eigenvalue weighted by molar-refractivity contribution is 5.97. The molecule has 4 aromatic rings. The van der Waals surface area contributed by atoms with Gasteiger partial charge in [-0.05, 0) is 31.0 Å². The van der Waals surface area contributed by atoms with Crippen molar-refractivity contribution in [2.75, 3.05) is 24.5 Å². The SMILES string of the molecule is CC(C)[C@@](C)(O)C1CN(c2nc(-c3c[nH]c4ncccc34)cc3c2cnn3C)CCN1. The van der Waals surface area contributed by atoms with E-state index in [-0.39, 0.29) is 12.0 Å². The lowest BCUT2D eigenvalue weighted by molar-refractivity contribution is -0.0231. The minimum absolute atomic E-state index is 0.0456. The second kappa shape index (κ2) is 7.32. The molecule has 0 aromatic carbocycles. The molecular weight excluding hydrogens is 390 g/mol. The van der Waals surface area contributed by atoms with E-state index in [1.54, 1.807) is 6.20 Å². The van der Waals surface area contributed by atoms with Gasteiger partial charge in [-0.1, -0.05) is 13.8 Å². The highest BCUT2D eigenvalue weighted by Gasteiger charge is 2.38. The van der Waals surface area contributed by atoms with Gasteiger partial charge in [-0.2, -0.15) is 5.10 Å². The van der Waals surface area contributed by atoms with Crippen molar-refractivity contribution in [2.24, 2.45) is 13.0 Å². The van der Waals surface area contributed by atoms with Crippen molar-refractivity contribution in [1.29, 1.82) is 0 Å². The third-order valence-corrected chi connectivity index (χ3v) is 6.80. The van der Waals surface area contributed by atoms with E-state index in [0.29, 0.717) is 6.54 Å². The van der Waals surface area contributed by atoms with Crippen LogP contribution in [0.2, 0.25) is 0 Å². The van der Waals surface area contributed by atoms with Gasteiger partial charge in [0.2, 0.25) is 0 Å². The van der Waals surface area contributed by atoms with E-state index in [0.717, 1.165) is 52.1 Å². The zero-order chi connectivity index (χ0) is 21.8. The summed E-state index contributed by atoms with van der Waals surface area (Å²) in [4.78, 5) is 15.1. The van der Waals surface area contributed by atoms with Crippen LogP contribution in [0.25, 0.3) is 33.2 Å². The second-order valence-electron chi connectivity index (χ2n) is 8.97. The van der Waals surface area contributed by atoms with Crippen molar-refractivity contribution < 1.29 is 5.11 Å². The molecule has 5 rings (SSSR count). The predicted octanol–water partition coefficient (Wildman–Crippen LogP) is 2.70. The van der Waals surface area contributed by atoms with Crippen LogP contribution in [-0.2, 0) is 7.05 Å². The van der Waals surface area contributed by atoms with Gasteiger partial charge in [0.15, 0.2) is 0 Å². The number of anilines is 1. The summed E-state index contributed by atoms with van der Waals surface area (Å²) in [6.07, 6.45) is 5.64. The Labute approximate surface area is 181 Å². The first kappa shape index (κ1) is 20.0. The van der Waals surface area contributed by atoms with Crippen molar-refractivity contribution in [3.05, 3.63) is 36.8 Å². The molecule has 8 nitrogen and oxygen atoms in total. The largest absolute Gasteiger partial charge is 0.388 e. The number of piperazine rings is 1. The monoisotopic (exact) mass is 419 g/mol. The summed E-state index contributed by atoms with van der Waals surface area (Å²) in [5, 5.41) is 21.2. The summed E-state index contributed by atoms with van der Waals surface area (Å²) < 4.78 is 1.89. The number of hydrogen-bond donors (Lipinski definition) is 3. The Kier molecular flexibility index (Phi) is 4.71. The molecule has 1 aliphatic heterocycles. The van der Waals surface area contributed by atoms with E-state index in [9.17, 15) is 5.11 Å². The van der Waals surface area contributed by atoms with Crippen LogP contribution in [0.4, 0.5) is 5.82 Å². The van der Waals surface area contributed by atoms with Crippen molar-refractivity contribution >= 4 is 27.8 Å². The first-order valence-electron chi connectivity index (χ1n) is 10.8. The molecule has 3 N–H and O–H groups in total. The molecule has 0 saturated carbocycles. The number of nitrogens with one attached hydrogen (secondary N) is 2. The molecule has 4 aromatic heterocycles. The number of aryl methyl sites for hydroxylation is 1. The summed E-state index contributed by atoms with van der Waals surface area (Å²) in [6, 6.07) is 6.04. The standard InChI is InChI=1S/C23H29N7O/c1-14(2)23(3,31)20-13-30(9-8-24-20)22-17-12-27-29(4)19(17)10-18(28-22)16-11-26-21-15(16)6-5-7-25-21/h5-7,10-12,14,20,24,31H,8-9,13H2,1-4H3,(H,25,26)/t20?,23-/m1/s1. The number of nitrogens with zero attached hydrogens (tertiary/aromatic N) is 5. The minimum Gasteiger partial charge on any atom is -0.388 e.